The van der Waals surface area contributed by atoms with E-state index in [0.29, 0.717) is 0 Å². The maximum atomic E-state index is 11.4. The van der Waals surface area contributed by atoms with Gasteiger partial charge in [-0.3, -0.25) is 4.79 Å². The van der Waals surface area contributed by atoms with Crippen LogP contribution in [0.4, 0.5) is 0 Å². The zero-order chi connectivity index (χ0) is 11.9. The monoisotopic (exact) mass is 303 g/mol. The molecule has 2 atom stereocenters. The molecule has 1 aromatic heterocycles. The number of thiophene rings is 1. The predicted molar refractivity (Wildman–Crippen MR) is 63.6 cm³/mol. The molecule has 1 aromatic rings. The van der Waals surface area contributed by atoms with Crippen LogP contribution >= 0.6 is 27.3 Å². The van der Waals surface area contributed by atoms with Crippen LogP contribution in [0.2, 0.25) is 0 Å². The molecule has 6 heteroatoms. The zero-order valence-electron chi connectivity index (χ0n) is 8.49. The van der Waals surface area contributed by atoms with Crippen LogP contribution in [0.3, 0.4) is 0 Å². The minimum absolute atomic E-state index is 0.209. The highest BCUT2D eigenvalue weighted by molar-refractivity contribution is 9.11. The van der Waals surface area contributed by atoms with Gasteiger partial charge in [0.2, 0.25) is 5.91 Å². The molecule has 2 unspecified atom stereocenters. The van der Waals surface area contributed by atoms with Crippen molar-refractivity contribution in [2.75, 3.05) is 0 Å². The number of hydrogen-bond donors (Lipinski definition) is 2. The Morgan fingerprint density at radius 3 is 2.88 bits per heavy atom. The standard InChI is InChI=1S/C10H10BrNO3S/c1-10(5-2-3-6(11)16-5)4-7(13)12-8(10)9(14)15/h2-3,8H,4H2,1H3,(H,12,13)(H,14,15). The molecule has 1 aliphatic heterocycles. The van der Waals surface area contributed by atoms with Gasteiger partial charge in [-0.25, -0.2) is 4.79 Å². The SMILES string of the molecule is CC1(c2ccc(Br)s2)CC(=O)NC1C(=O)O. The lowest BCUT2D eigenvalue weighted by molar-refractivity contribution is -0.141. The summed E-state index contributed by atoms with van der Waals surface area (Å²) < 4.78 is 0.937. The third-order valence-corrected chi connectivity index (χ3v) is 4.76. The third-order valence-electron chi connectivity index (χ3n) is 2.85. The summed E-state index contributed by atoms with van der Waals surface area (Å²) in [4.78, 5) is 23.4. The Balaban J connectivity index is 2.42. The summed E-state index contributed by atoms with van der Waals surface area (Å²) in [7, 11) is 0. The highest BCUT2D eigenvalue weighted by Crippen LogP contribution is 2.40. The number of aliphatic carboxylic acids is 1. The van der Waals surface area contributed by atoms with Crippen LogP contribution in [0.15, 0.2) is 15.9 Å². The summed E-state index contributed by atoms with van der Waals surface area (Å²) in [6, 6.07) is 2.89. The predicted octanol–water partition coefficient (Wildman–Crippen LogP) is 1.74. The first-order valence-corrected chi connectivity index (χ1v) is 6.32. The van der Waals surface area contributed by atoms with Gasteiger partial charge in [0, 0.05) is 16.7 Å². The van der Waals surface area contributed by atoms with Gasteiger partial charge in [-0.1, -0.05) is 6.92 Å². The van der Waals surface area contributed by atoms with E-state index in [4.69, 9.17) is 5.11 Å². The summed E-state index contributed by atoms with van der Waals surface area (Å²) in [6.07, 6.45) is 0.219. The minimum Gasteiger partial charge on any atom is -0.480 e. The van der Waals surface area contributed by atoms with Gasteiger partial charge in [0.25, 0.3) is 0 Å². The molecule has 0 spiro atoms. The van der Waals surface area contributed by atoms with E-state index in [-0.39, 0.29) is 12.3 Å². The van der Waals surface area contributed by atoms with E-state index < -0.39 is 17.4 Å². The first kappa shape index (κ1) is 11.6. The summed E-state index contributed by atoms with van der Waals surface area (Å²) >= 11 is 4.81. The molecule has 0 saturated carbocycles. The van der Waals surface area contributed by atoms with E-state index >= 15 is 0 Å². The van der Waals surface area contributed by atoms with E-state index in [1.807, 2.05) is 19.1 Å². The second-order valence-electron chi connectivity index (χ2n) is 4.04. The van der Waals surface area contributed by atoms with E-state index in [1.54, 1.807) is 0 Å². The van der Waals surface area contributed by atoms with Gasteiger partial charge in [-0.15, -0.1) is 11.3 Å². The second-order valence-corrected chi connectivity index (χ2v) is 6.50. The summed E-state index contributed by atoms with van der Waals surface area (Å²) in [5.41, 5.74) is -0.653. The van der Waals surface area contributed by atoms with Crippen LogP contribution in [0, 0.1) is 0 Å². The zero-order valence-corrected chi connectivity index (χ0v) is 10.9. The van der Waals surface area contributed by atoms with Crippen LogP contribution in [0.25, 0.3) is 0 Å². The molecule has 1 fully saturated rings. The first-order valence-electron chi connectivity index (χ1n) is 4.71. The summed E-state index contributed by atoms with van der Waals surface area (Å²) in [5, 5.41) is 11.6. The fourth-order valence-corrected chi connectivity index (χ4v) is 3.55. The lowest BCUT2D eigenvalue weighted by Gasteiger charge is -2.25. The Bertz CT molecular complexity index is 459. The minimum atomic E-state index is -0.988. The van der Waals surface area contributed by atoms with Crippen LogP contribution < -0.4 is 5.32 Å². The molecule has 1 aliphatic rings. The van der Waals surface area contributed by atoms with Crippen LogP contribution in [-0.4, -0.2) is 23.0 Å². The molecular formula is C10H10BrNO3S. The van der Waals surface area contributed by atoms with Crippen molar-refractivity contribution in [1.29, 1.82) is 0 Å². The molecule has 2 N–H and O–H groups in total. The van der Waals surface area contributed by atoms with Crippen LogP contribution in [-0.2, 0) is 15.0 Å². The molecule has 0 radical (unpaired) electrons. The topological polar surface area (TPSA) is 66.4 Å². The van der Waals surface area contributed by atoms with Crippen molar-refractivity contribution in [3.63, 3.8) is 0 Å². The van der Waals surface area contributed by atoms with Gasteiger partial charge >= 0.3 is 5.97 Å². The molecule has 2 rings (SSSR count). The van der Waals surface area contributed by atoms with Crippen LogP contribution in [0.5, 0.6) is 0 Å². The molecule has 1 amide bonds. The van der Waals surface area contributed by atoms with Gasteiger partial charge in [0.15, 0.2) is 0 Å². The number of rotatable bonds is 2. The Hall–Kier alpha value is -0.880. The third kappa shape index (κ3) is 1.76. The average Bonchev–Trinajstić information content (AvgIpc) is 2.71. The fourth-order valence-electron chi connectivity index (χ4n) is 1.99. The maximum Gasteiger partial charge on any atom is 0.327 e. The van der Waals surface area contributed by atoms with E-state index in [9.17, 15) is 9.59 Å². The molecule has 0 aliphatic carbocycles. The van der Waals surface area contributed by atoms with Crippen LogP contribution in [0.1, 0.15) is 18.2 Å². The van der Waals surface area contributed by atoms with Gasteiger partial charge in [0.1, 0.15) is 6.04 Å². The van der Waals surface area contributed by atoms with Gasteiger partial charge in [-0.2, -0.15) is 0 Å². The quantitative estimate of drug-likeness (QED) is 0.874. The number of halogens is 1. The molecule has 16 heavy (non-hydrogen) atoms. The van der Waals surface area contributed by atoms with Crippen molar-refractivity contribution in [2.45, 2.75) is 24.8 Å². The van der Waals surface area contributed by atoms with Crippen molar-refractivity contribution in [2.24, 2.45) is 0 Å². The number of carbonyl (C=O) groups is 2. The number of carbonyl (C=O) groups excluding carboxylic acids is 1. The Labute approximate surface area is 105 Å². The average molecular weight is 304 g/mol. The molecule has 2 heterocycles. The largest absolute Gasteiger partial charge is 0.480 e. The van der Waals surface area contributed by atoms with Crippen molar-refractivity contribution in [1.82, 2.24) is 5.32 Å². The molecule has 86 valence electrons. The Morgan fingerprint density at radius 2 is 2.38 bits per heavy atom. The second kappa shape index (κ2) is 3.85. The highest BCUT2D eigenvalue weighted by Gasteiger charge is 2.49. The number of carboxylic acid groups (broad SMARTS) is 1. The smallest absolute Gasteiger partial charge is 0.327 e. The molecule has 0 aromatic carbocycles. The highest BCUT2D eigenvalue weighted by atomic mass is 79.9. The number of nitrogens with one attached hydrogen (secondary N) is 1. The van der Waals surface area contributed by atoms with E-state index in [0.717, 1.165) is 8.66 Å². The van der Waals surface area contributed by atoms with Gasteiger partial charge in [0.05, 0.1) is 3.79 Å². The molecule has 0 bridgehead atoms. The molecule has 4 nitrogen and oxygen atoms in total. The van der Waals surface area contributed by atoms with E-state index in [2.05, 4.69) is 21.2 Å². The first-order chi connectivity index (χ1) is 7.43. The Morgan fingerprint density at radius 1 is 1.69 bits per heavy atom. The number of amides is 1. The van der Waals surface area contributed by atoms with Gasteiger partial charge < -0.3 is 10.4 Å². The van der Waals surface area contributed by atoms with Crippen molar-refractivity contribution in [3.05, 3.63) is 20.8 Å². The van der Waals surface area contributed by atoms with Crippen molar-refractivity contribution < 1.29 is 14.7 Å². The fraction of sp³-hybridized carbons (Fsp3) is 0.400. The van der Waals surface area contributed by atoms with Crippen molar-refractivity contribution in [3.8, 4) is 0 Å². The lowest BCUT2D eigenvalue weighted by Crippen LogP contribution is -2.44. The number of hydrogen-bond acceptors (Lipinski definition) is 3. The Kier molecular flexibility index (Phi) is 2.79. The van der Waals surface area contributed by atoms with E-state index in [1.165, 1.54) is 11.3 Å². The molecular weight excluding hydrogens is 294 g/mol. The van der Waals surface area contributed by atoms with Crippen molar-refractivity contribution >= 4 is 39.1 Å². The number of carboxylic acids is 1. The molecule has 1 saturated heterocycles. The normalized spacial score (nSPS) is 29.1. The summed E-state index contributed by atoms with van der Waals surface area (Å²) in [5.74, 6) is -1.20. The lowest BCUT2D eigenvalue weighted by atomic mass is 9.81. The summed E-state index contributed by atoms with van der Waals surface area (Å²) in [6.45, 7) is 1.81. The maximum absolute atomic E-state index is 11.4. The van der Waals surface area contributed by atoms with Gasteiger partial charge in [-0.05, 0) is 28.1 Å².